The van der Waals surface area contributed by atoms with E-state index in [2.05, 4.69) is 0 Å². The van der Waals surface area contributed by atoms with Crippen LogP contribution >= 0.6 is 10.7 Å². The average Bonchev–Trinajstić information content (AvgIpc) is 2.15. The zero-order chi connectivity index (χ0) is 12.5. The van der Waals surface area contributed by atoms with Crippen LogP contribution in [0.25, 0.3) is 0 Å². The van der Waals surface area contributed by atoms with Crippen molar-refractivity contribution in [2.24, 2.45) is 0 Å². The van der Waals surface area contributed by atoms with Crippen molar-refractivity contribution in [3.8, 4) is 6.07 Å². The quantitative estimate of drug-likeness (QED) is 0.457. The molecule has 0 N–H and O–H groups in total. The van der Waals surface area contributed by atoms with Crippen molar-refractivity contribution < 1.29 is 13.3 Å². The molecule has 1 aromatic rings. The van der Waals surface area contributed by atoms with Crippen LogP contribution in [0.3, 0.4) is 0 Å². The molecule has 0 bridgehead atoms. The highest BCUT2D eigenvalue weighted by Crippen LogP contribution is 2.31. The van der Waals surface area contributed by atoms with Gasteiger partial charge in [0.1, 0.15) is 6.07 Å². The monoisotopic (exact) mass is 260 g/mol. The Bertz CT molecular complexity index is 603. The number of halogens is 1. The van der Waals surface area contributed by atoms with E-state index in [1.807, 2.05) is 0 Å². The van der Waals surface area contributed by atoms with Crippen LogP contribution in [0.15, 0.2) is 17.0 Å². The first kappa shape index (κ1) is 12.4. The number of nitro groups is 1. The molecule has 0 aliphatic rings. The zero-order valence-corrected chi connectivity index (χ0v) is 9.54. The van der Waals surface area contributed by atoms with Crippen LogP contribution < -0.4 is 0 Å². The number of benzene rings is 1. The molecule has 0 aromatic heterocycles. The summed E-state index contributed by atoms with van der Waals surface area (Å²) in [6.45, 7) is 1.47. The summed E-state index contributed by atoms with van der Waals surface area (Å²) in [6, 6.07) is 3.90. The third-order valence-electron chi connectivity index (χ3n) is 1.90. The van der Waals surface area contributed by atoms with Crippen LogP contribution in [0.2, 0.25) is 0 Å². The molecule has 1 aromatic carbocycles. The molecule has 84 valence electrons. The first-order valence-corrected chi connectivity index (χ1v) is 6.22. The Morgan fingerprint density at radius 1 is 1.50 bits per heavy atom. The standard InChI is InChI=1S/C8H5ClN2O4S/c1-5-2-3-7(11(12)13)8(6(5)4-10)16(9,14)15/h2-3H,1H3. The molecule has 0 spiro atoms. The Balaban J connectivity index is 3.84. The van der Waals surface area contributed by atoms with Crippen LogP contribution in [0.1, 0.15) is 11.1 Å². The fourth-order valence-corrected chi connectivity index (χ4v) is 2.51. The molecule has 0 amide bonds. The van der Waals surface area contributed by atoms with Crippen molar-refractivity contribution in [3.63, 3.8) is 0 Å². The fourth-order valence-electron chi connectivity index (χ4n) is 1.20. The molecular formula is C8H5ClN2O4S. The van der Waals surface area contributed by atoms with E-state index in [1.165, 1.54) is 13.0 Å². The molecule has 0 radical (unpaired) electrons. The topological polar surface area (TPSA) is 101 Å². The maximum absolute atomic E-state index is 11.2. The summed E-state index contributed by atoms with van der Waals surface area (Å²) in [5.41, 5.74) is -0.686. The summed E-state index contributed by atoms with van der Waals surface area (Å²) in [6.07, 6.45) is 0. The van der Waals surface area contributed by atoms with Gasteiger partial charge in [0.25, 0.3) is 14.7 Å². The van der Waals surface area contributed by atoms with E-state index in [9.17, 15) is 18.5 Å². The molecule has 6 nitrogen and oxygen atoms in total. The summed E-state index contributed by atoms with van der Waals surface area (Å²) in [7, 11) is 0.745. The van der Waals surface area contributed by atoms with Gasteiger partial charge in [0.05, 0.1) is 10.5 Å². The molecule has 16 heavy (non-hydrogen) atoms. The number of hydrogen-bond donors (Lipinski definition) is 0. The first-order chi connectivity index (χ1) is 7.29. The molecule has 0 unspecified atom stereocenters. The number of nitro benzene ring substituents is 1. The minimum absolute atomic E-state index is 0.302. The predicted molar refractivity (Wildman–Crippen MR) is 55.6 cm³/mol. The van der Waals surface area contributed by atoms with Gasteiger partial charge in [-0.05, 0) is 12.5 Å². The Morgan fingerprint density at radius 2 is 2.06 bits per heavy atom. The lowest BCUT2D eigenvalue weighted by Gasteiger charge is -2.03. The van der Waals surface area contributed by atoms with Gasteiger partial charge in [-0.25, -0.2) is 8.42 Å². The summed E-state index contributed by atoms with van der Waals surface area (Å²) < 4.78 is 22.4. The first-order valence-electron chi connectivity index (χ1n) is 3.91. The van der Waals surface area contributed by atoms with Crippen molar-refractivity contribution in [1.82, 2.24) is 0 Å². The molecule has 0 saturated carbocycles. The minimum atomic E-state index is -4.34. The highest BCUT2D eigenvalue weighted by molar-refractivity contribution is 8.13. The molecule has 0 saturated heterocycles. The molecular weight excluding hydrogens is 256 g/mol. The number of nitrogens with zero attached hydrogens (tertiary/aromatic N) is 2. The molecule has 8 heteroatoms. The van der Waals surface area contributed by atoms with Gasteiger partial charge in [-0.3, -0.25) is 10.1 Å². The van der Waals surface area contributed by atoms with Crippen LogP contribution in [-0.4, -0.2) is 13.3 Å². The van der Waals surface area contributed by atoms with E-state index in [0.717, 1.165) is 6.07 Å². The summed E-state index contributed by atoms with van der Waals surface area (Å²) in [4.78, 5) is 8.98. The van der Waals surface area contributed by atoms with Crippen molar-refractivity contribution in [2.75, 3.05) is 0 Å². The Morgan fingerprint density at radius 3 is 2.44 bits per heavy atom. The molecule has 0 aliphatic carbocycles. The molecule has 1 rings (SSSR count). The number of rotatable bonds is 2. The van der Waals surface area contributed by atoms with Gasteiger partial charge in [0.2, 0.25) is 0 Å². The molecule has 0 atom stereocenters. The summed E-state index contributed by atoms with van der Waals surface area (Å²) in [5, 5.41) is 19.4. The Kier molecular flexibility index (Phi) is 3.16. The van der Waals surface area contributed by atoms with E-state index in [4.69, 9.17) is 15.9 Å². The Labute approximate surface area is 95.6 Å². The number of nitriles is 1. The van der Waals surface area contributed by atoms with Gasteiger partial charge in [0, 0.05) is 16.7 Å². The van der Waals surface area contributed by atoms with E-state index >= 15 is 0 Å². The fraction of sp³-hybridized carbons (Fsp3) is 0.125. The minimum Gasteiger partial charge on any atom is -0.258 e. The lowest BCUT2D eigenvalue weighted by molar-refractivity contribution is -0.387. The average molecular weight is 261 g/mol. The zero-order valence-electron chi connectivity index (χ0n) is 7.97. The third kappa shape index (κ3) is 2.13. The summed E-state index contributed by atoms with van der Waals surface area (Å²) in [5.74, 6) is 0. The van der Waals surface area contributed by atoms with E-state index in [1.54, 1.807) is 6.07 Å². The van der Waals surface area contributed by atoms with Crippen LogP contribution in [-0.2, 0) is 9.05 Å². The predicted octanol–water partition coefficient (Wildman–Crippen LogP) is 1.70. The maximum Gasteiger partial charge on any atom is 0.290 e. The highest BCUT2D eigenvalue weighted by Gasteiger charge is 2.29. The van der Waals surface area contributed by atoms with Crippen LogP contribution in [0, 0.1) is 28.4 Å². The van der Waals surface area contributed by atoms with Crippen molar-refractivity contribution in [3.05, 3.63) is 33.4 Å². The lowest BCUT2D eigenvalue weighted by atomic mass is 10.1. The van der Waals surface area contributed by atoms with E-state index in [0.29, 0.717) is 5.56 Å². The van der Waals surface area contributed by atoms with Crippen molar-refractivity contribution >= 4 is 25.4 Å². The summed E-state index contributed by atoms with van der Waals surface area (Å²) >= 11 is 0. The van der Waals surface area contributed by atoms with Crippen LogP contribution in [0.4, 0.5) is 5.69 Å². The van der Waals surface area contributed by atoms with Gasteiger partial charge in [-0.15, -0.1) is 0 Å². The normalized spacial score (nSPS) is 10.8. The van der Waals surface area contributed by atoms with E-state index in [-0.39, 0.29) is 5.56 Å². The molecule has 0 aliphatic heterocycles. The smallest absolute Gasteiger partial charge is 0.258 e. The van der Waals surface area contributed by atoms with Crippen molar-refractivity contribution in [2.45, 2.75) is 11.8 Å². The van der Waals surface area contributed by atoms with Crippen LogP contribution in [0.5, 0.6) is 0 Å². The van der Waals surface area contributed by atoms with Gasteiger partial charge < -0.3 is 0 Å². The second kappa shape index (κ2) is 4.08. The van der Waals surface area contributed by atoms with Gasteiger partial charge in [-0.1, -0.05) is 6.07 Å². The maximum atomic E-state index is 11.2. The lowest BCUT2D eigenvalue weighted by Crippen LogP contribution is -2.03. The molecule has 0 heterocycles. The number of hydrogen-bond acceptors (Lipinski definition) is 5. The van der Waals surface area contributed by atoms with Gasteiger partial charge >= 0.3 is 0 Å². The highest BCUT2D eigenvalue weighted by atomic mass is 35.7. The number of aryl methyl sites for hydroxylation is 1. The third-order valence-corrected chi connectivity index (χ3v) is 3.26. The van der Waals surface area contributed by atoms with Gasteiger partial charge in [0.15, 0.2) is 4.90 Å². The Hall–Kier alpha value is -1.65. The largest absolute Gasteiger partial charge is 0.290 e. The van der Waals surface area contributed by atoms with Gasteiger partial charge in [-0.2, -0.15) is 5.26 Å². The molecule has 0 fully saturated rings. The second-order valence-electron chi connectivity index (χ2n) is 2.91. The van der Waals surface area contributed by atoms with Crippen molar-refractivity contribution in [1.29, 1.82) is 5.26 Å². The second-order valence-corrected chi connectivity index (χ2v) is 5.42. The van der Waals surface area contributed by atoms with E-state index < -0.39 is 24.6 Å². The SMILES string of the molecule is Cc1ccc([N+](=O)[O-])c(S(=O)(=O)Cl)c1C#N.